The molecule has 1 N–H and O–H groups in total. The number of carbonyl (C=O) groups is 1. The standard InChI is InChI=1S/C20H23N5O2/c1-13-5-6-19(14(2)7-13)16-8-17(20(26)22-15(3)11-27-4)10-18(9-16)25-12-21-23-24-25/h5-10,12,15H,11H2,1-4H3,(H,22,26). The Labute approximate surface area is 158 Å². The van der Waals surface area contributed by atoms with Crippen molar-refractivity contribution in [2.75, 3.05) is 13.7 Å². The molecule has 0 aliphatic rings. The molecule has 3 rings (SSSR count). The maximum absolute atomic E-state index is 12.7. The minimum Gasteiger partial charge on any atom is -0.383 e. The van der Waals surface area contributed by atoms with Crippen LogP contribution in [0.5, 0.6) is 0 Å². The summed E-state index contributed by atoms with van der Waals surface area (Å²) in [4.78, 5) is 12.7. The Morgan fingerprint density at radius 1 is 1.22 bits per heavy atom. The lowest BCUT2D eigenvalue weighted by Gasteiger charge is -2.15. The van der Waals surface area contributed by atoms with Gasteiger partial charge in [0.1, 0.15) is 6.33 Å². The van der Waals surface area contributed by atoms with Gasteiger partial charge < -0.3 is 10.1 Å². The van der Waals surface area contributed by atoms with E-state index in [0.717, 1.165) is 22.4 Å². The van der Waals surface area contributed by atoms with Gasteiger partial charge in [-0.3, -0.25) is 4.79 Å². The highest BCUT2D eigenvalue weighted by molar-refractivity contribution is 5.96. The van der Waals surface area contributed by atoms with Crippen molar-refractivity contribution in [2.24, 2.45) is 0 Å². The number of carbonyl (C=O) groups excluding carboxylic acids is 1. The zero-order valence-corrected chi connectivity index (χ0v) is 15.9. The molecule has 140 valence electrons. The summed E-state index contributed by atoms with van der Waals surface area (Å²) in [6, 6.07) is 11.8. The molecule has 0 saturated heterocycles. The summed E-state index contributed by atoms with van der Waals surface area (Å²) in [5, 5.41) is 14.3. The van der Waals surface area contributed by atoms with Crippen LogP contribution in [-0.2, 0) is 4.74 Å². The van der Waals surface area contributed by atoms with Gasteiger partial charge in [0.25, 0.3) is 5.91 Å². The molecule has 3 aromatic rings. The molecule has 7 heteroatoms. The van der Waals surface area contributed by atoms with Gasteiger partial charge in [0.15, 0.2) is 0 Å². The van der Waals surface area contributed by atoms with E-state index in [0.29, 0.717) is 12.2 Å². The van der Waals surface area contributed by atoms with Crippen LogP contribution in [0.2, 0.25) is 0 Å². The second-order valence-electron chi connectivity index (χ2n) is 6.67. The van der Waals surface area contributed by atoms with Gasteiger partial charge in [0.2, 0.25) is 0 Å². The molecule has 1 aromatic heterocycles. The van der Waals surface area contributed by atoms with Gasteiger partial charge in [-0.05, 0) is 66.1 Å². The maximum atomic E-state index is 12.7. The number of ether oxygens (including phenoxy) is 1. The molecule has 0 spiro atoms. The molecule has 1 unspecified atom stereocenters. The molecule has 2 aromatic carbocycles. The normalized spacial score (nSPS) is 12.0. The summed E-state index contributed by atoms with van der Waals surface area (Å²) < 4.78 is 6.64. The van der Waals surface area contributed by atoms with Gasteiger partial charge in [-0.15, -0.1) is 5.10 Å². The second-order valence-corrected chi connectivity index (χ2v) is 6.67. The lowest BCUT2D eigenvalue weighted by atomic mass is 9.96. The van der Waals surface area contributed by atoms with Gasteiger partial charge in [-0.1, -0.05) is 23.8 Å². The van der Waals surface area contributed by atoms with Crippen LogP contribution in [0.15, 0.2) is 42.7 Å². The van der Waals surface area contributed by atoms with E-state index in [1.165, 1.54) is 11.9 Å². The quantitative estimate of drug-likeness (QED) is 0.726. The lowest BCUT2D eigenvalue weighted by molar-refractivity contribution is 0.0905. The summed E-state index contributed by atoms with van der Waals surface area (Å²) in [6.07, 6.45) is 1.51. The number of hydrogen-bond acceptors (Lipinski definition) is 5. The molecule has 0 radical (unpaired) electrons. The molecule has 0 aliphatic carbocycles. The number of benzene rings is 2. The predicted octanol–water partition coefficient (Wildman–Crippen LogP) is 2.71. The van der Waals surface area contributed by atoms with E-state index in [1.54, 1.807) is 17.9 Å². The van der Waals surface area contributed by atoms with E-state index in [1.807, 2.05) is 19.1 Å². The molecule has 0 aliphatic heterocycles. The second kappa shape index (κ2) is 8.09. The Morgan fingerprint density at radius 3 is 2.70 bits per heavy atom. The van der Waals surface area contributed by atoms with Crippen LogP contribution in [0.25, 0.3) is 16.8 Å². The van der Waals surface area contributed by atoms with Crippen molar-refractivity contribution in [2.45, 2.75) is 26.8 Å². The first-order chi connectivity index (χ1) is 13.0. The lowest BCUT2D eigenvalue weighted by Crippen LogP contribution is -2.35. The van der Waals surface area contributed by atoms with Gasteiger partial charge in [-0.25, -0.2) is 4.68 Å². The Hall–Kier alpha value is -3.06. The van der Waals surface area contributed by atoms with Crippen molar-refractivity contribution >= 4 is 5.91 Å². The minimum atomic E-state index is -0.166. The molecule has 0 bridgehead atoms. The van der Waals surface area contributed by atoms with Crippen molar-refractivity contribution in [3.63, 3.8) is 0 Å². The highest BCUT2D eigenvalue weighted by Gasteiger charge is 2.14. The van der Waals surface area contributed by atoms with E-state index in [2.05, 4.69) is 52.9 Å². The predicted molar refractivity (Wildman–Crippen MR) is 103 cm³/mol. The molecular formula is C20H23N5O2. The summed E-state index contributed by atoms with van der Waals surface area (Å²) in [6.45, 7) is 6.47. The molecule has 7 nitrogen and oxygen atoms in total. The summed E-state index contributed by atoms with van der Waals surface area (Å²) in [5.74, 6) is -0.166. The van der Waals surface area contributed by atoms with Crippen molar-refractivity contribution < 1.29 is 9.53 Å². The fourth-order valence-electron chi connectivity index (χ4n) is 3.05. The summed E-state index contributed by atoms with van der Waals surface area (Å²) in [5.41, 5.74) is 5.60. The van der Waals surface area contributed by atoms with E-state index in [4.69, 9.17) is 4.74 Å². The summed E-state index contributed by atoms with van der Waals surface area (Å²) in [7, 11) is 1.61. The van der Waals surface area contributed by atoms with E-state index in [-0.39, 0.29) is 11.9 Å². The van der Waals surface area contributed by atoms with E-state index < -0.39 is 0 Å². The van der Waals surface area contributed by atoms with Crippen LogP contribution in [0.1, 0.15) is 28.4 Å². The first-order valence-corrected chi connectivity index (χ1v) is 8.74. The number of hydrogen-bond donors (Lipinski definition) is 1. The maximum Gasteiger partial charge on any atom is 0.251 e. The van der Waals surface area contributed by atoms with Crippen molar-refractivity contribution in [3.05, 3.63) is 59.4 Å². The van der Waals surface area contributed by atoms with Crippen molar-refractivity contribution in [1.29, 1.82) is 0 Å². The molecule has 0 saturated carbocycles. The van der Waals surface area contributed by atoms with Crippen LogP contribution in [0.4, 0.5) is 0 Å². The fraction of sp³-hybridized carbons (Fsp3) is 0.300. The number of aryl methyl sites for hydroxylation is 2. The van der Waals surface area contributed by atoms with Crippen LogP contribution in [0, 0.1) is 13.8 Å². The first kappa shape index (κ1) is 18.7. The van der Waals surface area contributed by atoms with Crippen LogP contribution >= 0.6 is 0 Å². The molecule has 1 heterocycles. The average molecular weight is 365 g/mol. The first-order valence-electron chi connectivity index (χ1n) is 8.74. The molecule has 0 fully saturated rings. The highest BCUT2D eigenvalue weighted by Crippen LogP contribution is 2.27. The largest absolute Gasteiger partial charge is 0.383 e. The number of rotatable bonds is 6. The SMILES string of the molecule is COCC(C)NC(=O)c1cc(-c2ccc(C)cc2C)cc(-n2cnnn2)c1. The van der Waals surface area contributed by atoms with Crippen molar-refractivity contribution in [1.82, 2.24) is 25.5 Å². The molecule has 1 atom stereocenters. The van der Waals surface area contributed by atoms with E-state index >= 15 is 0 Å². The zero-order valence-electron chi connectivity index (χ0n) is 15.9. The Balaban J connectivity index is 2.05. The van der Waals surface area contributed by atoms with Gasteiger partial charge in [0.05, 0.1) is 12.3 Å². The number of aromatic nitrogens is 4. The third kappa shape index (κ3) is 4.38. The molecule has 1 amide bonds. The Morgan fingerprint density at radius 2 is 2.04 bits per heavy atom. The molecule has 27 heavy (non-hydrogen) atoms. The third-order valence-corrected chi connectivity index (χ3v) is 4.28. The third-order valence-electron chi connectivity index (χ3n) is 4.28. The smallest absolute Gasteiger partial charge is 0.251 e. The number of nitrogens with zero attached hydrogens (tertiary/aromatic N) is 4. The monoisotopic (exact) mass is 365 g/mol. The van der Waals surface area contributed by atoms with Crippen LogP contribution < -0.4 is 5.32 Å². The summed E-state index contributed by atoms with van der Waals surface area (Å²) >= 11 is 0. The number of nitrogens with one attached hydrogen (secondary N) is 1. The van der Waals surface area contributed by atoms with Crippen LogP contribution in [-0.4, -0.2) is 45.9 Å². The van der Waals surface area contributed by atoms with Crippen LogP contribution in [0.3, 0.4) is 0 Å². The topological polar surface area (TPSA) is 81.9 Å². The minimum absolute atomic E-state index is 0.0937. The highest BCUT2D eigenvalue weighted by atomic mass is 16.5. The van der Waals surface area contributed by atoms with E-state index in [9.17, 15) is 4.79 Å². The zero-order chi connectivity index (χ0) is 19.4. The number of amides is 1. The van der Waals surface area contributed by atoms with Gasteiger partial charge in [-0.2, -0.15) is 0 Å². The number of tetrazole rings is 1. The van der Waals surface area contributed by atoms with Crippen molar-refractivity contribution in [3.8, 4) is 16.8 Å². The average Bonchev–Trinajstić information content (AvgIpc) is 3.16. The Kier molecular flexibility index (Phi) is 5.61. The van der Waals surface area contributed by atoms with Gasteiger partial charge >= 0.3 is 0 Å². The number of methoxy groups -OCH3 is 1. The molecular weight excluding hydrogens is 342 g/mol. The van der Waals surface area contributed by atoms with Gasteiger partial charge in [0, 0.05) is 18.7 Å². The Bertz CT molecular complexity index is 938. The fourth-order valence-corrected chi connectivity index (χ4v) is 3.05.